The van der Waals surface area contributed by atoms with Crippen LogP contribution in [0.15, 0.2) is 0 Å². The Bertz CT molecular complexity index is 292. The number of alkyl halides is 1. The van der Waals surface area contributed by atoms with Gasteiger partial charge < -0.3 is 34.6 Å². The number of halogens is 1. The normalized spacial score (nSPS) is 33.8. The minimum atomic E-state index is -1.44. The zero-order chi connectivity index (χ0) is 16.5. The molecule has 7 nitrogen and oxygen atoms in total. The lowest BCUT2D eigenvalue weighted by Gasteiger charge is -2.40. The highest BCUT2D eigenvalue weighted by Gasteiger charge is 2.44. The third-order valence-corrected chi connectivity index (χ3v) is 3.88. The number of unbranched alkanes of at least 4 members (excludes halogenated alkanes) is 2. The van der Waals surface area contributed by atoms with E-state index < -0.39 is 43.6 Å². The molecule has 6 atom stereocenters. The number of aliphatic hydroxyl groups is 4. The largest absolute Gasteiger partial charge is 0.394 e. The molecular weight excluding hydrogens is 360 g/mol. The van der Waals surface area contributed by atoms with Gasteiger partial charge in [0.05, 0.1) is 13.2 Å². The van der Waals surface area contributed by atoms with Crippen molar-refractivity contribution in [3.05, 3.63) is 0 Å². The van der Waals surface area contributed by atoms with Gasteiger partial charge in [0.25, 0.3) is 0 Å². The molecule has 0 unspecified atom stereocenters. The molecular formula is C14H27BrO7. The van der Waals surface area contributed by atoms with Crippen molar-refractivity contribution in [1.82, 2.24) is 0 Å². The lowest BCUT2D eigenvalue weighted by molar-refractivity contribution is -0.337. The molecule has 0 radical (unpaired) electrons. The van der Waals surface area contributed by atoms with Crippen LogP contribution in [-0.2, 0) is 14.2 Å². The highest BCUT2D eigenvalue weighted by Crippen LogP contribution is 2.24. The predicted octanol–water partition coefficient (Wildman–Crippen LogP) is 0.121. The second kappa shape index (κ2) is 10.9. The van der Waals surface area contributed by atoms with E-state index in [1.807, 2.05) is 0 Å². The highest BCUT2D eigenvalue weighted by molar-refractivity contribution is 9.09. The van der Waals surface area contributed by atoms with Crippen molar-refractivity contribution in [1.29, 1.82) is 0 Å². The molecule has 8 heteroatoms. The maximum absolute atomic E-state index is 9.96. The smallest absolute Gasteiger partial charge is 0.189 e. The highest BCUT2D eigenvalue weighted by atomic mass is 79.9. The molecule has 132 valence electrons. The molecule has 1 heterocycles. The van der Waals surface area contributed by atoms with Crippen LogP contribution < -0.4 is 0 Å². The van der Waals surface area contributed by atoms with Gasteiger partial charge in [-0.05, 0) is 12.8 Å². The molecule has 0 amide bonds. The summed E-state index contributed by atoms with van der Waals surface area (Å²) in [4.78, 5) is 0. The molecule has 1 aliphatic rings. The molecule has 0 bridgehead atoms. The van der Waals surface area contributed by atoms with Crippen LogP contribution in [0.3, 0.4) is 0 Å². The summed E-state index contributed by atoms with van der Waals surface area (Å²) in [5.74, 6) is 0. The maximum atomic E-state index is 9.96. The van der Waals surface area contributed by atoms with Crippen LogP contribution in [0, 0.1) is 0 Å². The predicted molar refractivity (Wildman–Crippen MR) is 82.5 cm³/mol. The summed E-state index contributed by atoms with van der Waals surface area (Å²) < 4.78 is 16.5. The minimum absolute atomic E-state index is 0.439. The van der Waals surface area contributed by atoms with E-state index in [2.05, 4.69) is 22.9 Å². The monoisotopic (exact) mass is 386 g/mol. The third kappa shape index (κ3) is 6.01. The molecule has 0 aliphatic carbocycles. The van der Waals surface area contributed by atoms with Gasteiger partial charge in [-0.1, -0.05) is 35.7 Å². The fraction of sp³-hybridized carbons (Fsp3) is 1.00. The van der Waals surface area contributed by atoms with Crippen LogP contribution in [-0.4, -0.2) is 76.0 Å². The van der Waals surface area contributed by atoms with E-state index in [-0.39, 0.29) is 0 Å². The van der Waals surface area contributed by atoms with E-state index in [1.165, 1.54) is 0 Å². The van der Waals surface area contributed by atoms with Gasteiger partial charge in [0.2, 0.25) is 0 Å². The summed E-state index contributed by atoms with van der Waals surface area (Å²) in [6.45, 7) is 2.05. The number of ether oxygens (including phenoxy) is 3. The molecule has 1 fully saturated rings. The van der Waals surface area contributed by atoms with Crippen molar-refractivity contribution in [3.63, 3.8) is 0 Å². The van der Waals surface area contributed by atoms with E-state index in [9.17, 15) is 15.3 Å². The van der Waals surface area contributed by atoms with Crippen LogP contribution in [0.4, 0.5) is 0 Å². The second-order valence-corrected chi connectivity index (χ2v) is 6.11. The number of hydrogen-bond acceptors (Lipinski definition) is 7. The summed E-state index contributed by atoms with van der Waals surface area (Å²) in [5, 5.41) is 39.3. The van der Waals surface area contributed by atoms with Crippen molar-refractivity contribution in [3.8, 4) is 0 Å². The van der Waals surface area contributed by atoms with Gasteiger partial charge in [0.15, 0.2) is 12.6 Å². The molecule has 0 spiro atoms. The first-order valence-electron chi connectivity index (χ1n) is 7.68. The van der Waals surface area contributed by atoms with E-state index in [0.29, 0.717) is 18.4 Å². The van der Waals surface area contributed by atoms with Crippen LogP contribution in [0.25, 0.3) is 0 Å². The Morgan fingerprint density at radius 3 is 2.45 bits per heavy atom. The van der Waals surface area contributed by atoms with Crippen molar-refractivity contribution in [2.45, 2.75) is 69.6 Å². The minimum Gasteiger partial charge on any atom is -0.394 e. The number of aliphatic hydroxyl groups excluding tert-OH is 4. The molecule has 22 heavy (non-hydrogen) atoms. The molecule has 1 saturated heterocycles. The van der Waals surface area contributed by atoms with Crippen LogP contribution >= 0.6 is 15.9 Å². The maximum Gasteiger partial charge on any atom is 0.189 e. The molecule has 0 saturated carbocycles. The standard InChI is InChI=1S/C14H27BrO7/c1-2-3-4-5-10(20-7-6-15)22-14-13(19)12(18)11(17)9(8-16)21-14/h9-14,16-19H,2-8H2,1H3/t9-,10-,11-,12+,13-,14+/m1/s1. The van der Waals surface area contributed by atoms with E-state index in [4.69, 9.17) is 19.3 Å². The topological polar surface area (TPSA) is 109 Å². The Labute approximate surface area is 139 Å². The second-order valence-electron chi connectivity index (χ2n) is 5.32. The molecule has 1 aliphatic heterocycles. The van der Waals surface area contributed by atoms with Gasteiger partial charge in [-0.25, -0.2) is 0 Å². The van der Waals surface area contributed by atoms with Crippen molar-refractivity contribution < 1.29 is 34.6 Å². The molecule has 4 N–H and O–H groups in total. The molecule has 1 rings (SSSR count). The SMILES string of the molecule is CCCCC[C@H](OCCBr)O[C@@H]1O[C@H](CO)[C@@H](O)[C@H](O)[C@H]1O. The Morgan fingerprint density at radius 2 is 1.86 bits per heavy atom. The average Bonchev–Trinajstić information content (AvgIpc) is 2.52. The summed E-state index contributed by atoms with van der Waals surface area (Å²) in [6.07, 6.45) is -3.31. The van der Waals surface area contributed by atoms with E-state index in [1.54, 1.807) is 0 Å². The van der Waals surface area contributed by atoms with Gasteiger partial charge in [-0.2, -0.15) is 0 Å². The van der Waals surface area contributed by atoms with Gasteiger partial charge in [0.1, 0.15) is 24.4 Å². The number of hydrogen-bond donors (Lipinski definition) is 4. The zero-order valence-electron chi connectivity index (χ0n) is 12.8. The first kappa shape index (κ1) is 20.2. The fourth-order valence-electron chi connectivity index (χ4n) is 2.26. The van der Waals surface area contributed by atoms with Gasteiger partial charge in [-0.15, -0.1) is 0 Å². The van der Waals surface area contributed by atoms with Gasteiger partial charge in [-0.3, -0.25) is 0 Å². The molecule has 0 aromatic rings. The first-order chi connectivity index (χ1) is 10.5. The zero-order valence-corrected chi connectivity index (χ0v) is 14.4. The Balaban J connectivity index is 2.60. The van der Waals surface area contributed by atoms with Crippen LogP contribution in [0.1, 0.15) is 32.6 Å². The average molecular weight is 387 g/mol. The molecule has 0 aromatic heterocycles. The lowest BCUT2D eigenvalue weighted by atomic mass is 9.99. The Kier molecular flexibility index (Phi) is 10.0. The lowest BCUT2D eigenvalue weighted by Crippen LogP contribution is -2.59. The van der Waals surface area contributed by atoms with Crippen LogP contribution in [0.2, 0.25) is 0 Å². The Morgan fingerprint density at radius 1 is 1.14 bits per heavy atom. The first-order valence-corrected chi connectivity index (χ1v) is 8.80. The van der Waals surface area contributed by atoms with Crippen molar-refractivity contribution >= 4 is 15.9 Å². The quantitative estimate of drug-likeness (QED) is 0.240. The third-order valence-electron chi connectivity index (χ3n) is 3.56. The van der Waals surface area contributed by atoms with Crippen molar-refractivity contribution in [2.24, 2.45) is 0 Å². The van der Waals surface area contributed by atoms with E-state index in [0.717, 1.165) is 19.3 Å². The summed E-state index contributed by atoms with van der Waals surface area (Å²) in [5.41, 5.74) is 0. The summed E-state index contributed by atoms with van der Waals surface area (Å²) in [6, 6.07) is 0. The van der Waals surface area contributed by atoms with Crippen LogP contribution in [0.5, 0.6) is 0 Å². The summed E-state index contributed by atoms with van der Waals surface area (Å²) in [7, 11) is 0. The number of rotatable bonds is 10. The van der Waals surface area contributed by atoms with Gasteiger partial charge in [0, 0.05) is 5.33 Å². The van der Waals surface area contributed by atoms with Gasteiger partial charge >= 0.3 is 0 Å². The van der Waals surface area contributed by atoms with Crippen molar-refractivity contribution in [2.75, 3.05) is 18.5 Å². The Hall–Kier alpha value is 0.200. The fourth-order valence-corrected chi connectivity index (χ4v) is 2.44. The summed E-state index contributed by atoms with van der Waals surface area (Å²) >= 11 is 3.27. The van der Waals surface area contributed by atoms with E-state index >= 15 is 0 Å². The molecule has 0 aromatic carbocycles.